The molecule has 0 amide bonds. The van der Waals surface area contributed by atoms with Crippen LogP contribution in [0.3, 0.4) is 0 Å². The van der Waals surface area contributed by atoms with Gasteiger partial charge in [0.1, 0.15) is 18.1 Å². The van der Waals surface area contributed by atoms with Crippen LogP contribution >= 0.6 is 23.2 Å². The highest BCUT2D eigenvalue weighted by atomic mass is 35.5. The number of rotatable bonds is 9. The SMILES string of the molecule is COc1ccccc1CCNCc1ccccc1OCc1ccc(Cl)cc1Cl. The number of methoxy groups -OCH3 is 1. The van der Waals surface area contributed by atoms with Crippen molar-refractivity contribution in [2.24, 2.45) is 0 Å². The fraction of sp³-hybridized carbons (Fsp3) is 0.217. The highest BCUT2D eigenvalue weighted by Crippen LogP contribution is 2.24. The van der Waals surface area contributed by atoms with Gasteiger partial charge in [0.15, 0.2) is 0 Å². The maximum Gasteiger partial charge on any atom is 0.124 e. The predicted molar refractivity (Wildman–Crippen MR) is 116 cm³/mol. The zero-order chi connectivity index (χ0) is 19.8. The second-order valence-corrected chi connectivity index (χ2v) is 7.21. The molecule has 0 fully saturated rings. The van der Waals surface area contributed by atoms with Crippen LogP contribution in [-0.2, 0) is 19.6 Å². The van der Waals surface area contributed by atoms with Gasteiger partial charge in [0, 0.05) is 27.7 Å². The topological polar surface area (TPSA) is 30.5 Å². The summed E-state index contributed by atoms with van der Waals surface area (Å²) < 4.78 is 11.4. The molecule has 0 aliphatic carbocycles. The van der Waals surface area contributed by atoms with Crippen LogP contribution in [0.4, 0.5) is 0 Å². The number of para-hydroxylation sites is 2. The van der Waals surface area contributed by atoms with Crippen molar-refractivity contribution in [2.45, 2.75) is 19.6 Å². The molecule has 3 nitrogen and oxygen atoms in total. The van der Waals surface area contributed by atoms with Crippen LogP contribution in [0.1, 0.15) is 16.7 Å². The normalized spacial score (nSPS) is 10.7. The molecule has 0 saturated heterocycles. The molecule has 0 saturated carbocycles. The third kappa shape index (κ3) is 5.65. The van der Waals surface area contributed by atoms with Crippen molar-refractivity contribution < 1.29 is 9.47 Å². The average Bonchev–Trinajstić information content (AvgIpc) is 2.71. The van der Waals surface area contributed by atoms with Gasteiger partial charge >= 0.3 is 0 Å². The Morgan fingerprint density at radius 1 is 0.821 bits per heavy atom. The van der Waals surface area contributed by atoms with Crippen LogP contribution in [0.15, 0.2) is 66.7 Å². The molecular weight excluding hydrogens is 393 g/mol. The van der Waals surface area contributed by atoms with E-state index in [9.17, 15) is 0 Å². The molecule has 0 bridgehead atoms. The minimum absolute atomic E-state index is 0.397. The van der Waals surface area contributed by atoms with Crippen LogP contribution < -0.4 is 14.8 Å². The van der Waals surface area contributed by atoms with E-state index >= 15 is 0 Å². The van der Waals surface area contributed by atoms with Crippen molar-refractivity contribution >= 4 is 23.2 Å². The van der Waals surface area contributed by atoms with E-state index in [4.69, 9.17) is 32.7 Å². The van der Waals surface area contributed by atoms with Gasteiger partial charge in [-0.15, -0.1) is 0 Å². The van der Waals surface area contributed by atoms with E-state index in [0.717, 1.165) is 42.1 Å². The van der Waals surface area contributed by atoms with E-state index in [1.165, 1.54) is 5.56 Å². The third-order valence-corrected chi connectivity index (χ3v) is 5.04. The quantitative estimate of drug-likeness (QED) is 0.440. The van der Waals surface area contributed by atoms with E-state index in [-0.39, 0.29) is 0 Å². The van der Waals surface area contributed by atoms with Crippen LogP contribution in [0, 0.1) is 0 Å². The molecule has 3 aromatic rings. The Labute approximate surface area is 176 Å². The van der Waals surface area contributed by atoms with E-state index in [0.29, 0.717) is 16.7 Å². The number of hydrogen-bond donors (Lipinski definition) is 1. The maximum absolute atomic E-state index is 6.23. The Kier molecular flexibility index (Phi) is 7.61. The van der Waals surface area contributed by atoms with E-state index in [1.54, 1.807) is 13.2 Å². The lowest BCUT2D eigenvalue weighted by Gasteiger charge is -2.13. The fourth-order valence-corrected chi connectivity index (χ4v) is 3.40. The first-order valence-corrected chi connectivity index (χ1v) is 9.90. The predicted octanol–water partition coefficient (Wildman–Crippen LogP) is 5.91. The largest absolute Gasteiger partial charge is 0.496 e. The van der Waals surface area contributed by atoms with Gasteiger partial charge in [0.2, 0.25) is 0 Å². The minimum atomic E-state index is 0.397. The van der Waals surface area contributed by atoms with Crippen LogP contribution in [0.25, 0.3) is 0 Å². The third-order valence-electron chi connectivity index (χ3n) is 4.45. The van der Waals surface area contributed by atoms with Crippen molar-refractivity contribution in [3.63, 3.8) is 0 Å². The summed E-state index contributed by atoms with van der Waals surface area (Å²) in [5.74, 6) is 1.77. The van der Waals surface area contributed by atoms with Crippen LogP contribution in [0.2, 0.25) is 10.0 Å². The Morgan fingerprint density at radius 3 is 2.29 bits per heavy atom. The number of hydrogen-bond acceptors (Lipinski definition) is 3. The van der Waals surface area contributed by atoms with Gasteiger partial charge in [-0.2, -0.15) is 0 Å². The van der Waals surface area contributed by atoms with Gasteiger partial charge in [-0.05, 0) is 42.8 Å². The Bertz CT molecular complexity index is 915. The Hall–Kier alpha value is -2.20. The summed E-state index contributed by atoms with van der Waals surface area (Å²) >= 11 is 12.2. The summed E-state index contributed by atoms with van der Waals surface area (Å²) in [6.45, 7) is 1.96. The molecule has 0 aliphatic heterocycles. The molecule has 0 radical (unpaired) electrons. The van der Waals surface area contributed by atoms with E-state index in [2.05, 4.69) is 17.4 Å². The second kappa shape index (κ2) is 10.4. The summed E-state index contributed by atoms with van der Waals surface area (Å²) in [5.41, 5.74) is 3.21. The number of halogens is 2. The smallest absolute Gasteiger partial charge is 0.124 e. The molecule has 28 heavy (non-hydrogen) atoms. The second-order valence-electron chi connectivity index (χ2n) is 6.37. The van der Waals surface area contributed by atoms with Crippen molar-refractivity contribution in [1.29, 1.82) is 0 Å². The number of nitrogens with one attached hydrogen (secondary N) is 1. The van der Waals surface area contributed by atoms with Gasteiger partial charge in [-0.1, -0.05) is 65.7 Å². The van der Waals surface area contributed by atoms with Crippen molar-refractivity contribution in [2.75, 3.05) is 13.7 Å². The first-order chi connectivity index (χ1) is 13.7. The minimum Gasteiger partial charge on any atom is -0.496 e. The molecule has 0 unspecified atom stereocenters. The molecule has 146 valence electrons. The van der Waals surface area contributed by atoms with Crippen molar-refractivity contribution in [3.05, 3.63) is 93.5 Å². The highest BCUT2D eigenvalue weighted by Gasteiger charge is 2.07. The van der Waals surface area contributed by atoms with Gasteiger partial charge in [-0.3, -0.25) is 0 Å². The zero-order valence-electron chi connectivity index (χ0n) is 15.8. The standard InChI is InChI=1S/C23H23Cl2NO2/c1-27-22-8-4-2-6-17(22)12-13-26-15-18-7-3-5-9-23(18)28-16-19-10-11-20(24)14-21(19)25/h2-11,14,26H,12-13,15-16H2,1H3. The molecule has 1 N–H and O–H groups in total. The average molecular weight is 416 g/mol. The summed E-state index contributed by atoms with van der Waals surface area (Å²) in [4.78, 5) is 0. The van der Waals surface area contributed by atoms with Crippen molar-refractivity contribution in [3.8, 4) is 11.5 Å². The van der Waals surface area contributed by atoms with Gasteiger partial charge in [0.05, 0.1) is 7.11 Å². The lowest BCUT2D eigenvalue weighted by atomic mass is 10.1. The maximum atomic E-state index is 6.23. The summed E-state index contributed by atoms with van der Waals surface area (Å²) in [6, 6.07) is 21.5. The van der Waals surface area contributed by atoms with Crippen LogP contribution in [0.5, 0.6) is 11.5 Å². The molecule has 0 aromatic heterocycles. The molecule has 0 atom stereocenters. The summed E-state index contributed by atoms with van der Waals surface area (Å²) in [5, 5.41) is 4.71. The van der Waals surface area contributed by atoms with Gasteiger partial charge in [0.25, 0.3) is 0 Å². The Balaban J connectivity index is 1.55. The van der Waals surface area contributed by atoms with Gasteiger partial charge < -0.3 is 14.8 Å². The first-order valence-electron chi connectivity index (χ1n) is 9.14. The molecule has 3 aromatic carbocycles. The monoisotopic (exact) mass is 415 g/mol. The molecule has 3 rings (SSSR count). The molecule has 0 heterocycles. The number of ether oxygens (including phenoxy) is 2. The van der Waals surface area contributed by atoms with Gasteiger partial charge in [-0.25, -0.2) is 0 Å². The fourth-order valence-electron chi connectivity index (χ4n) is 2.94. The van der Waals surface area contributed by atoms with E-state index in [1.807, 2.05) is 48.5 Å². The zero-order valence-corrected chi connectivity index (χ0v) is 17.3. The summed E-state index contributed by atoms with van der Waals surface area (Å²) in [6.07, 6.45) is 0.896. The molecule has 0 spiro atoms. The molecular formula is C23H23Cl2NO2. The summed E-state index contributed by atoms with van der Waals surface area (Å²) in [7, 11) is 1.70. The van der Waals surface area contributed by atoms with Crippen molar-refractivity contribution in [1.82, 2.24) is 5.32 Å². The first kappa shape index (κ1) is 20.5. The lowest BCUT2D eigenvalue weighted by molar-refractivity contribution is 0.302. The molecule has 5 heteroatoms. The van der Waals surface area contributed by atoms with Crippen LogP contribution in [-0.4, -0.2) is 13.7 Å². The van der Waals surface area contributed by atoms with E-state index < -0.39 is 0 Å². The Morgan fingerprint density at radius 2 is 1.54 bits per heavy atom. The highest BCUT2D eigenvalue weighted by molar-refractivity contribution is 6.35. The lowest BCUT2D eigenvalue weighted by Crippen LogP contribution is -2.17. The molecule has 0 aliphatic rings. The number of benzene rings is 3.